The Morgan fingerprint density at radius 3 is 2.73 bits per heavy atom. The number of pyridine rings is 1. The van der Waals surface area contributed by atoms with Gasteiger partial charge in [-0.3, -0.25) is 19.0 Å². The van der Waals surface area contributed by atoms with Crippen LogP contribution >= 0.6 is 11.3 Å². The number of fused-ring (bicyclic) bond motifs is 5. The summed E-state index contributed by atoms with van der Waals surface area (Å²) in [6.45, 7) is 1.79. The molecule has 0 N–H and O–H groups in total. The number of hydrogen-bond donors (Lipinski definition) is 0. The second-order valence-electron chi connectivity index (χ2n) is 8.87. The Labute approximate surface area is 193 Å². The Balaban J connectivity index is 1.25. The first-order valence-electron chi connectivity index (χ1n) is 11.1. The van der Waals surface area contributed by atoms with Gasteiger partial charge < -0.3 is 9.47 Å². The van der Waals surface area contributed by atoms with Crippen molar-refractivity contribution < 1.29 is 4.79 Å². The van der Waals surface area contributed by atoms with E-state index in [4.69, 9.17) is 0 Å². The Bertz CT molecular complexity index is 1490. The molecule has 0 radical (unpaired) electrons. The first kappa shape index (κ1) is 20.1. The fraction of sp³-hybridized carbons (Fsp3) is 0.280. The highest BCUT2D eigenvalue weighted by Crippen LogP contribution is 2.35. The fourth-order valence-corrected chi connectivity index (χ4v) is 6.16. The number of thiophene rings is 1. The van der Waals surface area contributed by atoms with Gasteiger partial charge in [0.15, 0.2) is 0 Å². The number of likely N-dealkylation sites (tertiary alicyclic amines) is 1. The van der Waals surface area contributed by atoms with Crippen molar-refractivity contribution in [3.05, 3.63) is 87.3 Å². The predicted molar refractivity (Wildman–Crippen MR) is 127 cm³/mol. The van der Waals surface area contributed by atoms with E-state index in [2.05, 4.69) is 4.98 Å². The average Bonchev–Trinajstić information content (AvgIpc) is 3.27. The van der Waals surface area contributed by atoms with E-state index in [1.807, 2.05) is 51.9 Å². The third-order valence-corrected chi connectivity index (χ3v) is 7.81. The van der Waals surface area contributed by atoms with Gasteiger partial charge >= 0.3 is 0 Å². The molecule has 0 aliphatic carbocycles. The van der Waals surface area contributed by atoms with E-state index >= 15 is 0 Å². The number of hydrogen-bond acceptors (Lipinski definition) is 5. The molecule has 5 heterocycles. The van der Waals surface area contributed by atoms with Crippen LogP contribution in [0, 0.1) is 5.92 Å². The molecule has 166 valence electrons. The Morgan fingerprint density at radius 2 is 1.88 bits per heavy atom. The van der Waals surface area contributed by atoms with E-state index in [0.717, 1.165) is 22.6 Å². The zero-order valence-electron chi connectivity index (χ0n) is 17.9. The van der Waals surface area contributed by atoms with Gasteiger partial charge in [0.1, 0.15) is 11.4 Å². The molecular formula is C25H22N4O3S. The summed E-state index contributed by atoms with van der Waals surface area (Å²) in [5.74, 6) is 0.319. The molecule has 2 bridgehead atoms. The molecule has 1 saturated heterocycles. The van der Waals surface area contributed by atoms with Crippen LogP contribution in [0.1, 0.15) is 18.0 Å². The second kappa shape index (κ2) is 7.81. The molecule has 2 aliphatic rings. The lowest BCUT2D eigenvalue weighted by Crippen LogP contribution is -2.50. The van der Waals surface area contributed by atoms with Gasteiger partial charge in [0.05, 0.1) is 11.7 Å². The van der Waals surface area contributed by atoms with Gasteiger partial charge in [0.2, 0.25) is 5.91 Å². The fourth-order valence-electron chi connectivity index (χ4n) is 5.16. The standard InChI is InChI=1S/C25H22N4O3S/c30-22-8-4-7-20-18-9-16(12-29(20)22)11-27(13-18)23(31)14-28-15-26-24-19(25(28)32)10-21(33-24)17-5-2-1-3-6-17/h1-8,10,15-16,18H,9,11-14H2. The van der Waals surface area contributed by atoms with Crippen LogP contribution in [0.15, 0.2) is 70.5 Å². The highest BCUT2D eigenvalue weighted by molar-refractivity contribution is 7.21. The first-order valence-corrected chi connectivity index (χ1v) is 11.9. The molecule has 0 spiro atoms. The molecule has 1 aromatic carbocycles. The molecule has 4 aromatic rings. The number of piperidine rings is 1. The molecule has 0 saturated carbocycles. The predicted octanol–water partition coefficient (Wildman–Crippen LogP) is 2.93. The molecule has 7 nitrogen and oxygen atoms in total. The summed E-state index contributed by atoms with van der Waals surface area (Å²) < 4.78 is 3.26. The van der Waals surface area contributed by atoms with Gasteiger partial charge in [0.25, 0.3) is 11.1 Å². The second-order valence-corrected chi connectivity index (χ2v) is 9.90. The Kier molecular flexibility index (Phi) is 4.76. The molecule has 1 fully saturated rings. The van der Waals surface area contributed by atoms with Gasteiger partial charge in [0, 0.05) is 42.2 Å². The zero-order valence-corrected chi connectivity index (χ0v) is 18.7. The lowest BCUT2D eigenvalue weighted by Gasteiger charge is -2.42. The zero-order chi connectivity index (χ0) is 22.5. The van der Waals surface area contributed by atoms with E-state index < -0.39 is 0 Å². The van der Waals surface area contributed by atoms with Crippen molar-refractivity contribution in [2.75, 3.05) is 13.1 Å². The number of amides is 1. The Morgan fingerprint density at radius 1 is 1.03 bits per heavy atom. The number of benzene rings is 1. The maximum atomic E-state index is 13.2. The third kappa shape index (κ3) is 3.51. The van der Waals surface area contributed by atoms with Crippen LogP contribution in [-0.2, 0) is 17.9 Å². The molecule has 6 rings (SSSR count). The maximum absolute atomic E-state index is 13.2. The van der Waals surface area contributed by atoms with Crippen molar-refractivity contribution in [3.63, 3.8) is 0 Å². The highest BCUT2D eigenvalue weighted by Gasteiger charge is 2.36. The minimum Gasteiger partial charge on any atom is -0.340 e. The summed E-state index contributed by atoms with van der Waals surface area (Å²) in [5.41, 5.74) is 1.88. The SMILES string of the molecule is O=C(Cn1cnc2sc(-c3ccccc3)cc2c1=O)N1CC2CC(C1)c1cccc(=O)n1C2. The summed E-state index contributed by atoms with van der Waals surface area (Å²) >= 11 is 1.48. The van der Waals surface area contributed by atoms with Crippen molar-refractivity contribution in [3.8, 4) is 10.4 Å². The van der Waals surface area contributed by atoms with E-state index in [-0.39, 0.29) is 35.4 Å². The van der Waals surface area contributed by atoms with Crippen molar-refractivity contribution in [2.24, 2.45) is 5.92 Å². The van der Waals surface area contributed by atoms with E-state index in [9.17, 15) is 14.4 Å². The van der Waals surface area contributed by atoms with E-state index in [1.54, 1.807) is 12.1 Å². The van der Waals surface area contributed by atoms with Crippen LogP contribution in [0.5, 0.6) is 0 Å². The quantitative estimate of drug-likeness (QED) is 0.473. The summed E-state index contributed by atoms with van der Waals surface area (Å²) in [6.07, 6.45) is 2.46. The molecule has 2 aliphatic heterocycles. The van der Waals surface area contributed by atoms with Gasteiger partial charge in [-0.25, -0.2) is 4.98 Å². The normalized spacial score (nSPS) is 19.5. The topological polar surface area (TPSA) is 77.2 Å². The number of aromatic nitrogens is 3. The minimum absolute atomic E-state index is 0.0264. The summed E-state index contributed by atoms with van der Waals surface area (Å²) in [7, 11) is 0. The van der Waals surface area contributed by atoms with Gasteiger partial charge in [-0.05, 0) is 30.0 Å². The summed E-state index contributed by atoms with van der Waals surface area (Å²) in [6, 6.07) is 17.1. The van der Waals surface area contributed by atoms with Crippen LogP contribution in [0.3, 0.4) is 0 Å². The molecule has 1 amide bonds. The smallest absolute Gasteiger partial charge is 0.262 e. The van der Waals surface area contributed by atoms with Crippen LogP contribution in [0.25, 0.3) is 20.7 Å². The average molecular weight is 459 g/mol. The lowest BCUT2D eigenvalue weighted by molar-refractivity contribution is -0.134. The maximum Gasteiger partial charge on any atom is 0.262 e. The monoisotopic (exact) mass is 458 g/mol. The summed E-state index contributed by atoms with van der Waals surface area (Å²) in [4.78, 5) is 46.5. The third-order valence-electron chi connectivity index (χ3n) is 6.71. The van der Waals surface area contributed by atoms with Crippen LogP contribution in [0.2, 0.25) is 0 Å². The molecule has 2 atom stereocenters. The van der Waals surface area contributed by atoms with E-state index in [1.165, 1.54) is 22.2 Å². The van der Waals surface area contributed by atoms with Crippen LogP contribution in [-0.4, -0.2) is 38.0 Å². The largest absolute Gasteiger partial charge is 0.340 e. The first-order chi connectivity index (χ1) is 16.1. The number of rotatable bonds is 3. The van der Waals surface area contributed by atoms with Crippen LogP contribution < -0.4 is 11.1 Å². The van der Waals surface area contributed by atoms with Crippen molar-refractivity contribution >= 4 is 27.5 Å². The van der Waals surface area contributed by atoms with E-state index in [0.29, 0.717) is 29.9 Å². The van der Waals surface area contributed by atoms with Gasteiger partial charge in [-0.2, -0.15) is 0 Å². The number of carbonyl (C=O) groups excluding carboxylic acids is 1. The molecule has 33 heavy (non-hydrogen) atoms. The minimum atomic E-state index is -0.194. The molecule has 2 unspecified atom stereocenters. The number of carbonyl (C=O) groups is 1. The van der Waals surface area contributed by atoms with Crippen molar-refractivity contribution in [1.82, 2.24) is 19.0 Å². The molecule has 8 heteroatoms. The van der Waals surface area contributed by atoms with Gasteiger partial charge in [-0.15, -0.1) is 11.3 Å². The van der Waals surface area contributed by atoms with Crippen molar-refractivity contribution in [1.29, 1.82) is 0 Å². The Hall–Kier alpha value is -3.52. The summed E-state index contributed by atoms with van der Waals surface area (Å²) in [5, 5.41) is 0.540. The molecule has 3 aromatic heterocycles. The number of nitrogens with zero attached hydrogens (tertiary/aromatic N) is 4. The lowest BCUT2D eigenvalue weighted by atomic mass is 9.83. The highest BCUT2D eigenvalue weighted by atomic mass is 32.1. The van der Waals surface area contributed by atoms with Gasteiger partial charge in [-0.1, -0.05) is 36.4 Å². The van der Waals surface area contributed by atoms with Crippen molar-refractivity contribution in [2.45, 2.75) is 25.4 Å². The van der Waals surface area contributed by atoms with Crippen LogP contribution in [0.4, 0.5) is 0 Å². The molecular weight excluding hydrogens is 436 g/mol.